The Hall–Kier alpha value is -1.04. The fraction of sp³-hybridized carbons (Fsp3) is 0.400. The lowest BCUT2D eigenvalue weighted by Gasteiger charge is -2.17. The molecule has 3 N–H and O–H groups in total. The molecule has 1 aromatic carbocycles. The number of alkyl halides is 5. The van der Waals surface area contributed by atoms with E-state index in [0.717, 1.165) is 0 Å². The number of nitrogens with one attached hydrogen (secondary N) is 1. The van der Waals surface area contributed by atoms with E-state index < -0.39 is 51.5 Å². The molecule has 4 nitrogen and oxygen atoms in total. The van der Waals surface area contributed by atoms with Crippen LogP contribution in [0.5, 0.6) is 0 Å². The number of hydrogen-bond donors (Lipinski definition) is 2. The first kappa shape index (κ1) is 21.0. The van der Waals surface area contributed by atoms with E-state index >= 15 is 0 Å². The van der Waals surface area contributed by atoms with Crippen molar-refractivity contribution < 1.29 is 34.8 Å². The van der Waals surface area contributed by atoms with Crippen LogP contribution in [0.2, 0.25) is 0 Å². The molecule has 0 atom stereocenters. The van der Waals surface area contributed by atoms with Crippen molar-refractivity contribution in [3.05, 3.63) is 29.6 Å². The fourth-order valence-electron chi connectivity index (χ4n) is 1.31. The average molecular weight is 373 g/mol. The van der Waals surface area contributed by atoms with Gasteiger partial charge in [0, 0.05) is 0 Å². The van der Waals surface area contributed by atoms with Gasteiger partial charge >= 0.3 is 6.18 Å². The van der Waals surface area contributed by atoms with E-state index in [9.17, 15) is 34.8 Å². The highest BCUT2D eigenvalue weighted by Gasteiger charge is 2.38. The first-order chi connectivity index (χ1) is 9.39. The van der Waals surface area contributed by atoms with Gasteiger partial charge in [0.2, 0.25) is 10.0 Å². The Kier molecular flexibility index (Phi) is 6.69. The molecule has 0 aliphatic heterocycles. The van der Waals surface area contributed by atoms with E-state index in [-0.39, 0.29) is 18.5 Å². The Morgan fingerprint density at radius 1 is 1.14 bits per heavy atom. The van der Waals surface area contributed by atoms with Gasteiger partial charge in [0.25, 0.3) is 5.92 Å². The van der Waals surface area contributed by atoms with Gasteiger partial charge in [-0.25, -0.2) is 26.3 Å². The number of rotatable bonds is 5. The highest BCUT2D eigenvalue weighted by atomic mass is 35.5. The number of benzene rings is 1. The summed E-state index contributed by atoms with van der Waals surface area (Å²) < 4.78 is 101. The van der Waals surface area contributed by atoms with Crippen molar-refractivity contribution in [1.29, 1.82) is 0 Å². The molecular weight excluding hydrogens is 362 g/mol. The van der Waals surface area contributed by atoms with Gasteiger partial charge in [-0.3, -0.25) is 0 Å². The topological polar surface area (TPSA) is 72.2 Å². The van der Waals surface area contributed by atoms with Crippen molar-refractivity contribution in [2.24, 2.45) is 5.73 Å². The molecule has 22 heavy (non-hydrogen) atoms. The monoisotopic (exact) mass is 372 g/mol. The molecule has 0 bridgehead atoms. The maximum absolute atomic E-state index is 12.9. The highest BCUT2D eigenvalue weighted by Crippen LogP contribution is 2.34. The van der Waals surface area contributed by atoms with Crippen molar-refractivity contribution in [2.75, 3.05) is 13.1 Å². The molecular formula is C10H11ClF6N2O2S. The highest BCUT2D eigenvalue weighted by molar-refractivity contribution is 7.89. The quantitative estimate of drug-likeness (QED) is 0.778. The Morgan fingerprint density at radius 2 is 1.68 bits per heavy atom. The Morgan fingerprint density at radius 3 is 2.14 bits per heavy atom. The zero-order valence-electron chi connectivity index (χ0n) is 10.6. The van der Waals surface area contributed by atoms with Crippen LogP contribution in [-0.2, 0) is 16.2 Å². The zero-order chi connectivity index (χ0) is 16.5. The maximum atomic E-state index is 12.9. The van der Waals surface area contributed by atoms with Crippen molar-refractivity contribution >= 4 is 22.4 Å². The Labute approximate surface area is 128 Å². The van der Waals surface area contributed by atoms with E-state index in [1.807, 2.05) is 0 Å². The number of halogens is 7. The fourth-order valence-corrected chi connectivity index (χ4v) is 2.58. The van der Waals surface area contributed by atoms with Crippen LogP contribution in [0.3, 0.4) is 0 Å². The molecule has 1 aromatic rings. The predicted octanol–water partition coefficient (Wildman–Crippen LogP) is 2.14. The van der Waals surface area contributed by atoms with E-state index in [2.05, 4.69) is 5.73 Å². The molecule has 0 spiro atoms. The van der Waals surface area contributed by atoms with E-state index in [0.29, 0.717) is 12.1 Å². The lowest BCUT2D eigenvalue weighted by atomic mass is 10.2. The molecule has 12 heteroatoms. The first-order valence-electron chi connectivity index (χ1n) is 5.33. The second-order valence-electron chi connectivity index (χ2n) is 4.02. The van der Waals surface area contributed by atoms with Gasteiger partial charge in [0.1, 0.15) is 5.82 Å². The predicted molar refractivity (Wildman–Crippen MR) is 67.8 cm³/mol. The van der Waals surface area contributed by atoms with Gasteiger partial charge < -0.3 is 5.73 Å². The Balaban J connectivity index is 0.00000441. The van der Waals surface area contributed by atoms with Crippen LogP contribution in [0.4, 0.5) is 26.3 Å². The van der Waals surface area contributed by atoms with Gasteiger partial charge in [-0.1, -0.05) is 0 Å². The molecule has 0 amide bonds. The summed E-state index contributed by atoms with van der Waals surface area (Å²) in [5, 5.41) is 0. The molecule has 1 rings (SSSR count). The summed E-state index contributed by atoms with van der Waals surface area (Å²) in [5.74, 6) is -4.93. The van der Waals surface area contributed by atoms with E-state index in [4.69, 9.17) is 0 Å². The van der Waals surface area contributed by atoms with Crippen LogP contribution in [0, 0.1) is 5.82 Å². The summed E-state index contributed by atoms with van der Waals surface area (Å²) in [6.07, 6.45) is -5.16. The van der Waals surface area contributed by atoms with Crippen LogP contribution in [0.15, 0.2) is 23.1 Å². The van der Waals surface area contributed by atoms with Crippen molar-refractivity contribution in [3.63, 3.8) is 0 Å². The molecule has 0 radical (unpaired) electrons. The van der Waals surface area contributed by atoms with Crippen LogP contribution < -0.4 is 10.5 Å². The van der Waals surface area contributed by atoms with Crippen molar-refractivity contribution in [2.45, 2.75) is 17.0 Å². The van der Waals surface area contributed by atoms with Crippen molar-refractivity contribution in [1.82, 2.24) is 4.72 Å². The van der Waals surface area contributed by atoms with Gasteiger partial charge in [-0.2, -0.15) is 13.2 Å². The van der Waals surface area contributed by atoms with Gasteiger partial charge in [0.05, 0.1) is 23.5 Å². The summed E-state index contributed by atoms with van der Waals surface area (Å²) in [4.78, 5) is -1.34. The van der Waals surface area contributed by atoms with Crippen LogP contribution in [-0.4, -0.2) is 27.4 Å². The van der Waals surface area contributed by atoms with Gasteiger partial charge in [0.15, 0.2) is 0 Å². The normalized spacial score (nSPS) is 12.9. The third-order valence-corrected chi connectivity index (χ3v) is 3.82. The van der Waals surface area contributed by atoms with Crippen LogP contribution in [0.1, 0.15) is 5.56 Å². The van der Waals surface area contributed by atoms with Crippen LogP contribution in [0.25, 0.3) is 0 Å². The molecule has 128 valence electrons. The molecule has 0 unspecified atom stereocenters. The summed E-state index contributed by atoms with van der Waals surface area (Å²) in [5.41, 5.74) is 2.89. The molecule has 0 heterocycles. The second kappa shape index (κ2) is 7.02. The third-order valence-electron chi connectivity index (χ3n) is 2.36. The second-order valence-corrected chi connectivity index (χ2v) is 5.76. The molecule has 0 saturated heterocycles. The number of nitrogens with two attached hydrogens (primary N) is 1. The minimum Gasteiger partial charge on any atom is -0.325 e. The Bertz CT molecular complexity index is 620. The summed E-state index contributed by atoms with van der Waals surface area (Å²) >= 11 is 0. The SMILES string of the molecule is Cl.NCC(F)(F)CNS(=O)(=O)c1ccc(F)cc1C(F)(F)F. The maximum Gasteiger partial charge on any atom is 0.417 e. The zero-order valence-corrected chi connectivity index (χ0v) is 12.3. The largest absolute Gasteiger partial charge is 0.417 e. The molecule has 0 aliphatic carbocycles. The summed E-state index contributed by atoms with van der Waals surface area (Å²) in [7, 11) is -4.91. The minimum atomic E-state index is -5.16. The van der Waals surface area contributed by atoms with Crippen molar-refractivity contribution in [3.8, 4) is 0 Å². The van der Waals surface area contributed by atoms with Crippen LogP contribution >= 0.6 is 12.4 Å². The average Bonchev–Trinajstić information content (AvgIpc) is 2.35. The van der Waals surface area contributed by atoms with Gasteiger partial charge in [-0.05, 0) is 18.2 Å². The first-order valence-corrected chi connectivity index (χ1v) is 6.82. The molecule has 0 fully saturated rings. The standard InChI is InChI=1S/C10H10F6N2O2S.ClH/c11-6-1-2-8(7(3-6)10(14,15)16)21(19,20)18-5-9(12,13)4-17;/h1-3,18H,4-5,17H2;1H. The molecule has 0 aromatic heterocycles. The summed E-state index contributed by atoms with van der Waals surface area (Å²) in [6, 6.07) is 0.793. The number of hydrogen-bond acceptors (Lipinski definition) is 3. The van der Waals surface area contributed by atoms with E-state index in [1.54, 1.807) is 0 Å². The number of sulfonamides is 1. The lowest BCUT2D eigenvalue weighted by molar-refractivity contribution is -0.140. The smallest absolute Gasteiger partial charge is 0.325 e. The molecule has 0 saturated carbocycles. The summed E-state index contributed by atoms with van der Waals surface area (Å²) in [6.45, 7) is -2.66. The van der Waals surface area contributed by atoms with E-state index in [1.165, 1.54) is 4.72 Å². The van der Waals surface area contributed by atoms with Gasteiger partial charge in [-0.15, -0.1) is 12.4 Å². The lowest BCUT2D eigenvalue weighted by Crippen LogP contribution is -2.41. The minimum absolute atomic E-state index is 0. The third kappa shape index (κ3) is 5.30. The molecule has 0 aliphatic rings.